The van der Waals surface area contributed by atoms with E-state index in [4.69, 9.17) is 4.42 Å². The van der Waals surface area contributed by atoms with E-state index in [1.165, 1.54) is 69.9 Å². The highest BCUT2D eigenvalue weighted by atomic mass is 32.1. The highest BCUT2D eigenvalue weighted by Crippen LogP contribution is 2.47. The third kappa shape index (κ3) is 3.90. The largest absolute Gasteiger partial charge is 0.455 e. The van der Waals surface area contributed by atoms with Crippen LogP contribution in [0.25, 0.3) is 91.9 Å². The number of benzene rings is 7. The Bertz CT molecular complexity index is 2810. The molecule has 0 atom stereocenters. The predicted molar refractivity (Wildman–Crippen MR) is 201 cm³/mol. The molecule has 0 aliphatic heterocycles. The van der Waals surface area contributed by atoms with Crippen LogP contribution in [-0.4, -0.2) is 4.57 Å². The van der Waals surface area contributed by atoms with E-state index in [9.17, 15) is 0 Å². The summed E-state index contributed by atoms with van der Waals surface area (Å²) in [6, 6.07) is 50.9. The summed E-state index contributed by atoms with van der Waals surface area (Å²) in [6.07, 6.45) is 0. The molecule has 3 heteroatoms. The van der Waals surface area contributed by atoms with E-state index < -0.39 is 0 Å². The van der Waals surface area contributed by atoms with Crippen LogP contribution in [0.5, 0.6) is 0 Å². The molecule has 0 fully saturated rings. The van der Waals surface area contributed by atoms with Crippen molar-refractivity contribution in [1.82, 2.24) is 4.57 Å². The number of fused-ring (bicyclic) bond motifs is 9. The second kappa shape index (κ2) is 9.93. The van der Waals surface area contributed by atoms with Gasteiger partial charge in [0.2, 0.25) is 0 Å². The highest BCUT2D eigenvalue weighted by molar-refractivity contribution is 7.26. The molecule has 7 aromatic carbocycles. The van der Waals surface area contributed by atoms with E-state index in [1.807, 2.05) is 17.4 Å². The summed E-state index contributed by atoms with van der Waals surface area (Å²) >= 11 is 1.90. The molecule has 0 aliphatic rings. The molecular formula is C44H29NOS. The van der Waals surface area contributed by atoms with Crippen molar-refractivity contribution in [1.29, 1.82) is 0 Å². The summed E-state index contributed by atoms with van der Waals surface area (Å²) in [5.74, 6) is 0. The summed E-state index contributed by atoms with van der Waals surface area (Å²) in [7, 11) is 0. The van der Waals surface area contributed by atoms with Gasteiger partial charge in [-0.3, -0.25) is 0 Å². The van der Waals surface area contributed by atoms with E-state index >= 15 is 0 Å². The van der Waals surface area contributed by atoms with Crippen LogP contribution in [0.1, 0.15) is 11.1 Å². The smallest absolute Gasteiger partial charge is 0.143 e. The number of para-hydroxylation sites is 2. The van der Waals surface area contributed by atoms with Crippen LogP contribution in [0.3, 0.4) is 0 Å². The number of aryl methyl sites for hydroxylation is 2. The van der Waals surface area contributed by atoms with Gasteiger partial charge in [0.1, 0.15) is 11.2 Å². The Hall–Kier alpha value is -5.64. The van der Waals surface area contributed by atoms with Gasteiger partial charge in [0.15, 0.2) is 0 Å². The zero-order chi connectivity index (χ0) is 31.2. The van der Waals surface area contributed by atoms with Crippen LogP contribution in [-0.2, 0) is 0 Å². The summed E-state index contributed by atoms with van der Waals surface area (Å²) in [6.45, 7) is 4.36. The van der Waals surface area contributed by atoms with Gasteiger partial charge >= 0.3 is 0 Å². The maximum absolute atomic E-state index is 6.53. The topological polar surface area (TPSA) is 18.1 Å². The van der Waals surface area contributed by atoms with Crippen molar-refractivity contribution >= 4 is 75.3 Å². The van der Waals surface area contributed by atoms with E-state index in [-0.39, 0.29) is 0 Å². The van der Waals surface area contributed by atoms with Crippen LogP contribution in [0, 0.1) is 13.8 Å². The van der Waals surface area contributed by atoms with E-state index in [0.717, 1.165) is 33.1 Å². The monoisotopic (exact) mass is 619 g/mol. The number of rotatable bonds is 3. The van der Waals surface area contributed by atoms with Gasteiger partial charge in [0, 0.05) is 48.1 Å². The Labute approximate surface area is 275 Å². The van der Waals surface area contributed by atoms with Crippen LogP contribution < -0.4 is 0 Å². The van der Waals surface area contributed by atoms with Crippen molar-refractivity contribution in [3.63, 3.8) is 0 Å². The minimum absolute atomic E-state index is 0.918. The maximum atomic E-state index is 6.53. The molecule has 0 saturated heterocycles. The summed E-state index contributed by atoms with van der Waals surface area (Å²) in [4.78, 5) is 0. The molecule has 10 aromatic rings. The molecule has 10 rings (SSSR count). The van der Waals surface area contributed by atoms with Gasteiger partial charge in [-0.15, -0.1) is 11.3 Å². The van der Waals surface area contributed by atoms with Crippen LogP contribution >= 0.6 is 11.3 Å². The van der Waals surface area contributed by atoms with Gasteiger partial charge in [-0.25, -0.2) is 0 Å². The Morgan fingerprint density at radius 1 is 0.468 bits per heavy atom. The number of thiophene rings is 1. The first-order valence-corrected chi connectivity index (χ1v) is 16.9. The molecule has 0 N–H and O–H groups in total. The van der Waals surface area contributed by atoms with Gasteiger partial charge in [-0.1, -0.05) is 102 Å². The van der Waals surface area contributed by atoms with Crippen LogP contribution in [0.2, 0.25) is 0 Å². The molecule has 0 aliphatic carbocycles. The number of aromatic nitrogens is 1. The van der Waals surface area contributed by atoms with Crippen molar-refractivity contribution in [2.24, 2.45) is 0 Å². The standard InChI is InChI=1S/C44H29NOS/c1-26-18-20-38-35(22-26)36-23-27(2)19-21-39(36)45(38)40-16-9-15-33-37-25-29(24-34(43(37)47-44(33)40)28-10-4-3-5-11-28)30-13-8-14-32-31-12-6-7-17-41(31)46-42(30)32/h3-25H,1-2H3. The SMILES string of the molecule is Cc1ccc2c(c1)c1cc(C)ccc1n2-c1cccc2c1sc1c(-c3ccccc3)cc(-c3cccc4c3oc3ccccc34)cc12. The first kappa shape index (κ1) is 26.6. The van der Waals surface area contributed by atoms with Gasteiger partial charge < -0.3 is 8.98 Å². The number of furan rings is 1. The highest BCUT2D eigenvalue weighted by Gasteiger charge is 2.20. The molecule has 0 spiro atoms. The normalized spacial score (nSPS) is 12.0. The fraction of sp³-hybridized carbons (Fsp3) is 0.0455. The molecule has 47 heavy (non-hydrogen) atoms. The van der Waals surface area contributed by atoms with Gasteiger partial charge in [0.05, 0.1) is 21.4 Å². The first-order chi connectivity index (χ1) is 23.1. The van der Waals surface area contributed by atoms with Gasteiger partial charge in [-0.05, 0) is 73.5 Å². The second-order valence-corrected chi connectivity index (χ2v) is 13.7. The van der Waals surface area contributed by atoms with E-state index in [2.05, 4.69) is 152 Å². The summed E-state index contributed by atoms with van der Waals surface area (Å²) < 4.78 is 11.6. The quantitative estimate of drug-likeness (QED) is 0.192. The van der Waals surface area contributed by atoms with Crippen molar-refractivity contribution in [3.8, 4) is 27.9 Å². The summed E-state index contributed by atoms with van der Waals surface area (Å²) in [5, 5.41) is 7.43. The molecule has 3 aromatic heterocycles. The van der Waals surface area contributed by atoms with Gasteiger partial charge in [0.25, 0.3) is 0 Å². The Kier molecular flexibility index (Phi) is 5.61. The lowest BCUT2D eigenvalue weighted by atomic mass is 9.95. The third-order valence-electron chi connectivity index (χ3n) is 9.69. The Morgan fingerprint density at radius 2 is 1.15 bits per heavy atom. The van der Waals surface area contributed by atoms with E-state index in [0.29, 0.717) is 0 Å². The Morgan fingerprint density at radius 3 is 1.94 bits per heavy atom. The molecular weight excluding hydrogens is 591 g/mol. The minimum atomic E-state index is 0.918. The maximum Gasteiger partial charge on any atom is 0.143 e. The fourth-order valence-corrected chi connectivity index (χ4v) is 8.86. The van der Waals surface area contributed by atoms with Crippen molar-refractivity contribution in [2.45, 2.75) is 13.8 Å². The molecule has 0 amide bonds. The first-order valence-electron chi connectivity index (χ1n) is 16.1. The average Bonchev–Trinajstić information content (AvgIpc) is 3.77. The molecule has 2 nitrogen and oxygen atoms in total. The molecule has 0 radical (unpaired) electrons. The van der Waals surface area contributed by atoms with Crippen molar-refractivity contribution in [2.75, 3.05) is 0 Å². The van der Waals surface area contributed by atoms with Crippen molar-refractivity contribution in [3.05, 3.63) is 151 Å². The minimum Gasteiger partial charge on any atom is -0.455 e. The van der Waals surface area contributed by atoms with Crippen molar-refractivity contribution < 1.29 is 4.42 Å². The Balaban J connectivity index is 1.31. The van der Waals surface area contributed by atoms with Crippen LogP contribution in [0.15, 0.2) is 144 Å². The number of hydrogen-bond acceptors (Lipinski definition) is 2. The second-order valence-electron chi connectivity index (χ2n) is 12.7. The molecule has 0 bridgehead atoms. The third-order valence-corrected chi connectivity index (χ3v) is 11.0. The zero-order valence-corrected chi connectivity index (χ0v) is 26.9. The summed E-state index contributed by atoms with van der Waals surface area (Å²) in [5.41, 5.74) is 12.8. The number of nitrogens with zero attached hydrogens (tertiary/aromatic N) is 1. The average molecular weight is 620 g/mol. The number of hydrogen-bond donors (Lipinski definition) is 0. The van der Waals surface area contributed by atoms with Gasteiger partial charge in [-0.2, -0.15) is 0 Å². The lowest BCUT2D eigenvalue weighted by molar-refractivity contribution is 0.670. The predicted octanol–water partition coefficient (Wildman–Crippen LogP) is 13.0. The fourth-order valence-electron chi connectivity index (χ4n) is 7.53. The molecule has 0 saturated carbocycles. The molecule has 0 unspecified atom stereocenters. The molecule has 3 heterocycles. The van der Waals surface area contributed by atoms with E-state index in [1.54, 1.807) is 0 Å². The lowest BCUT2D eigenvalue weighted by Gasteiger charge is -2.10. The zero-order valence-electron chi connectivity index (χ0n) is 26.0. The van der Waals surface area contributed by atoms with Crippen LogP contribution in [0.4, 0.5) is 0 Å². The lowest BCUT2D eigenvalue weighted by Crippen LogP contribution is -1.94. The molecule has 222 valence electrons.